The van der Waals surface area contributed by atoms with E-state index in [9.17, 15) is 24.1 Å². The number of fused-ring (bicyclic) bond motifs is 1. The zero-order valence-electron chi connectivity index (χ0n) is 13.5. The van der Waals surface area contributed by atoms with E-state index in [2.05, 4.69) is 10.6 Å². The summed E-state index contributed by atoms with van der Waals surface area (Å²) in [6.45, 7) is -0.380. The average molecular weight is 408 g/mol. The van der Waals surface area contributed by atoms with Crippen LogP contribution in [0.5, 0.6) is 0 Å². The number of rotatable bonds is 5. The molecule has 0 atom stereocenters. The third kappa shape index (κ3) is 4.04. The molecule has 27 heavy (non-hydrogen) atoms. The van der Waals surface area contributed by atoms with E-state index in [1.807, 2.05) is 12.1 Å². The van der Waals surface area contributed by atoms with Gasteiger partial charge in [0.25, 0.3) is 5.91 Å². The second-order valence-electron chi connectivity index (χ2n) is 5.40. The number of hydrogen-bond donors (Lipinski definition) is 2. The fourth-order valence-corrected chi connectivity index (χ4v) is 3.77. The fourth-order valence-electron chi connectivity index (χ4n) is 2.34. The van der Waals surface area contributed by atoms with Crippen molar-refractivity contribution in [2.75, 3.05) is 11.9 Å². The first-order valence-corrected chi connectivity index (χ1v) is 8.75. The minimum absolute atomic E-state index is 0.0437. The lowest BCUT2D eigenvalue weighted by atomic mass is 10.2. The Morgan fingerprint density at radius 3 is 2.67 bits per heavy atom. The first kappa shape index (κ1) is 18.7. The number of nitrogens with one attached hydrogen (secondary N) is 2. The summed E-state index contributed by atoms with van der Waals surface area (Å²) in [4.78, 5) is 34.3. The SMILES string of the molecule is O=C(CNC(=O)c1sc2ccccc2c1Cl)Nc1ccc(F)c([N+](=O)[O-])c1. The Hall–Kier alpha value is -3.04. The van der Waals surface area contributed by atoms with Crippen molar-refractivity contribution in [1.29, 1.82) is 0 Å². The number of nitro benzene ring substituents is 1. The molecule has 10 heteroatoms. The van der Waals surface area contributed by atoms with Crippen LogP contribution in [-0.2, 0) is 4.79 Å². The standard InChI is InChI=1S/C17H11ClFN3O4S/c18-15-10-3-1-2-4-13(10)27-16(15)17(24)20-8-14(23)21-9-5-6-11(19)12(7-9)22(25)26/h1-7H,8H2,(H,20,24)(H,21,23). The predicted octanol–water partition coefficient (Wildman–Crippen LogP) is 3.97. The van der Waals surface area contributed by atoms with E-state index in [-0.39, 0.29) is 17.1 Å². The number of carbonyl (C=O) groups excluding carboxylic acids is 2. The maximum atomic E-state index is 13.3. The molecule has 138 valence electrons. The summed E-state index contributed by atoms with van der Waals surface area (Å²) in [5.74, 6) is -2.14. The monoisotopic (exact) mass is 407 g/mol. The molecule has 0 aliphatic rings. The lowest BCUT2D eigenvalue weighted by molar-refractivity contribution is -0.387. The van der Waals surface area contributed by atoms with Gasteiger partial charge >= 0.3 is 5.69 Å². The van der Waals surface area contributed by atoms with Gasteiger partial charge in [-0.25, -0.2) is 0 Å². The predicted molar refractivity (Wildman–Crippen MR) is 101 cm³/mol. The molecule has 2 N–H and O–H groups in total. The molecule has 2 amide bonds. The van der Waals surface area contributed by atoms with Gasteiger partial charge in [-0.1, -0.05) is 29.8 Å². The lowest BCUT2D eigenvalue weighted by Gasteiger charge is -2.07. The number of hydrogen-bond acceptors (Lipinski definition) is 5. The van der Waals surface area contributed by atoms with Crippen molar-refractivity contribution < 1.29 is 18.9 Å². The lowest BCUT2D eigenvalue weighted by Crippen LogP contribution is -2.32. The molecule has 0 bridgehead atoms. The highest BCUT2D eigenvalue weighted by molar-refractivity contribution is 7.21. The summed E-state index contributed by atoms with van der Waals surface area (Å²) in [5, 5.41) is 16.6. The first-order chi connectivity index (χ1) is 12.9. The molecule has 0 aliphatic carbocycles. The Bertz CT molecular complexity index is 1070. The van der Waals surface area contributed by atoms with Crippen LogP contribution in [-0.4, -0.2) is 23.3 Å². The Kier molecular flexibility index (Phi) is 5.33. The van der Waals surface area contributed by atoms with Crippen LogP contribution in [0.4, 0.5) is 15.8 Å². The van der Waals surface area contributed by atoms with E-state index in [0.717, 1.165) is 22.2 Å². The molecule has 0 unspecified atom stereocenters. The highest BCUT2D eigenvalue weighted by Gasteiger charge is 2.18. The number of benzene rings is 2. The Balaban J connectivity index is 1.65. The van der Waals surface area contributed by atoms with E-state index >= 15 is 0 Å². The van der Waals surface area contributed by atoms with Gasteiger partial charge in [-0.15, -0.1) is 11.3 Å². The fraction of sp³-hybridized carbons (Fsp3) is 0.0588. The Morgan fingerprint density at radius 1 is 1.22 bits per heavy atom. The van der Waals surface area contributed by atoms with Crippen LogP contribution in [0, 0.1) is 15.9 Å². The zero-order valence-corrected chi connectivity index (χ0v) is 15.1. The van der Waals surface area contributed by atoms with Gasteiger partial charge in [-0.2, -0.15) is 4.39 Å². The second kappa shape index (κ2) is 7.68. The van der Waals surface area contributed by atoms with Crippen LogP contribution in [0.2, 0.25) is 5.02 Å². The van der Waals surface area contributed by atoms with Gasteiger partial charge in [-0.3, -0.25) is 19.7 Å². The minimum Gasteiger partial charge on any atom is -0.342 e. The maximum absolute atomic E-state index is 13.3. The van der Waals surface area contributed by atoms with Crippen LogP contribution in [0.3, 0.4) is 0 Å². The summed E-state index contributed by atoms with van der Waals surface area (Å²) in [5.41, 5.74) is -0.712. The Labute approximate surface area is 160 Å². The number of halogens is 2. The quantitative estimate of drug-likeness (QED) is 0.493. The molecule has 0 spiro atoms. The molecular weight excluding hydrogens is 397 g/mol. The zero-order chi connectivity index (χ0) is 19.6. The van der Waals surface area contributed by atoms with Gasteiger partial charge in [0.15, 0.2) is 0 Å². The molecule has 0 radical (unpaired) electrons. The molecule has 0 aliphatic heterocycles. The average Bonchev–Trinajstić information content (AvgIpc) is 2.98. The number of anilines is 1. The molecule has 7 nitrogen and oxygen atoms in total. The second-order valence-corrected chi connectivity index (χ2v) is 6.83. The minimum atomic E-state index is -1.01. The van der Waals surface area contributed by atoms with E-state index in [1.54, 1.807) is 12.1 Å². The highest BCUT2D eigenvalue weighted by atomic mass is 35.5. The van der Waals surface area contributed by atoms with Crippen LogP contribution in [0.1, 0.15) is 9.67 Å². The van der Waals surface area contributed by atoms with E-state index in [0.29, 0.717) is 5.02 Å². The molecule has 0 fully saturated rings. The third-order valence-electron chi connectivity index (χ3n) is 3.58. The topological polar surface area (TPSA) is 101 Å². The van der Waals surface area contributed by atoms with Crippen molar-refractivity contribution in [3.63, 3.8) is 0 Å². The van der Waals surface area contributed by atoms with Gasteiger partial charge in [0.1, 0.15) is 4.88 Å². The van der Waals surface area contributed by atoms with Gasteiger partial charge in [-0.05, 0) is 18.2 Å². The number of thiophene rings is 1. The van der Waals surface area contributed by atoms with Crippen molar-refractivity contribution in [3.05, 3.63) is 68.3 Å². The summed E-state index contributed by atoms with van der Waals surface area (Å²) in [7, 11) is 0. The number of nitrogens with zero attached hydrogens (tertiary/aromatic N) is 1. The molecule has 1 heterocycles. The summed E-state index contributed by atoms with van der Waals surface area (Å²) >= 11 is 7.41. The summed E-state index contributed by atoms with van der Waals surface area (Å²) in [6, 6.07) is 10.2. The molecule has 3 rings (SSSR count). The van der Waals surface area contributed by atoms with Crippen molar-refractivity contribution in [3.8, 4) is 0 Å². The van der Waals surface area contributed by atoms with Gasteiger partial charge < -0.3 is 10.6 Å². The third-order valence-corrected chi connectivity index (χ3v) is 5.25. The molecule has 1 aromatic heterocycles. The van der Waals surface area contributed by atoms with Gasteiger partial charge in [0, 0.05) is 21.8 Å². The van der Waals surface area contributed by atoms with E-state index in [4.69, 9.17) is 11.6 Å². The summed E-state index contributed by atoms with van der Waals surface area (Å²) < 4.78 is 14.1. The molecular formula is C17H11ClFN3O4S. The molecule has 0 saturated heterocycles. The normalized spacial score (nSPS) is 10.6. The van der Waals surface area contributed by atoms with E-state index in [1.165, 1.54) is 17.4 Å². The van der Waals surface area contributed by atoms with Gasteiger partial charge in [0.05, 0.1) is 16.5 Å². The number of nitro groups is 1. The van der Waals surface area contributed by atoms with E-state index < -0.39 is 28.2 Å². The van der Waals surface area contributed by atoms with Crippen LogP contribution >= 0.6 is 22.9 Å². The van der Waals surface area contributed by atoms with Crippen LogP contribution < -0.4 is 10.6 Å². The largest absolute Gasteiger partial charge is 0.342 e. The van der Waals surface area contributed by atoms with Crippen molar-refractivity contribution in [1.82, 2.24) is 5.32 Å². The Morgan fingerprint density at radius 2 is 1.96 bits per heavy atom. The molecule has 3 aromatic rings. The van der Waals surface area contributed by atoms with Gasteiger partial charge in [0.2, 0.25) is 11.7 Å². The number of amides is 2. The first-order valence-electron chi connectivity index (χ1n) is 7.56. The highest BCUT2D eigenvalue weighted by Crippen LogP contribution is 2.34. The molecule has 2 aromatic carbocycles. The van der Waals surface area contributed by atoms with Crippen LogP contribution in [0.25, 0.3) is 10.1 Å². The van der Waals surface area contributed by atoms with Crippen molar-refractivity contribution >= 4 is 56.2 Å². The van der Waals surface area contributed by atoms with Crippen molar-refractivity contribution in [2.24, 2.45) is 0 Å². The summed E-state index contributed by atoms with van der Waals surface area (Å²) in [6.07, 6.45) is 0. The maximum Gasteiger partial charge on any atom is 0.306 e. The molecule has 0 saturated carbocycles. The van der Waals surface area contributed by atoms with Crippen molar-refractivity contribution in [2.45, 2.75) is 0 Å². The smallest absolute Gasteiger partial charge is 0.306 e. The van der Waals surface area contributed by atoms with Crippen LogP contribution in [0.15, 0.2) is 42.5 Å². The number of carbonyl (C=O) groups is 2.